The lowest BCUT2D eigenvalue weighted by molar-refractivity contribution is -0.146. The van der Waals surface area contributed by atoms with Crippen LogP contribution in [0, 0.1) is 11.8 Å². The third-order valence-electron chi connectivity index (χ3n) is 2.52. The van der Waals surface area contributed by atoms with Gasteiger partial charge in [-0.05, 0) is 6.42 Å². The number of β-amino-alcohol motifs (C(OH)–C–C–N with tert-alkyl or cyclic N) is 1. The second-order valence-corrected chi connectivity index (χ2v) is 3.24. The van der Waals surface area contributed by atoms with Crippen LogP contribution in [0.3, 0.4) is 0 Å². The van der Waals surface area contributed by atoms with E-state index in [9.17, 15) is 9.90 Å². The third-order valence-corrected chi connectivity index (χ3v) is 2.52. The normalized spacial score (nSPS) is 36.3. The Bertz CT molecular complexity index is 172. The van der Waals surface area contributed by atoms with E-state index in [4.69, 9.17) is 5.11 Å². The number of nitrogens with one attached hydrogen (secondary N) is 1. The first-order chi connectivity index (χ1) is 5.66. The van der Waals surface area contributed by atoms with Crippen LogP contribution in [-0.2, 0) is 4.79 Å². The summed E-state index contributed by atoms with van der Waals surface area (Å²) in [7, 11) is 0. The molecule has 0 amide bonds. The van der Waals surface area contributed by atoms with E-state index in [1.165, 1.54) is 0 Å². The van der Waals surface area contributed by atoms with Crippen molar-refractivity contribution in [3.05, 3.63) is 0 Å². The van der Waals surface area contributed by atoms with Gasteiger partial charge < -0.3 is 15.5 Å². The Balaban J connectivity index is 2.64. The lowest BCUT2D eigenvalue weighted by Crippen LogP contribution is -2.49. The Kier molecular flexibility index (Phi) is 3.05. The molecule has 0 aliphatic carbocycles. The fourth-order valence-electron chi connectivity index (χ4n) is 1.78. The molecule has 1 rings (SSSR count). The van der Waals surface area contributed by atoms with Crippen LogP contribution in [0.15, 0.2) is 0 Å². The van der Waals surface area contributed by atoms with Gasteiger partial charge in [0.15, 0.2) is 0 Å². The van der Waals surface area contributed by atoms with Gasteiger partial charge in [-0.2, -0.15) is 0 Å². The van der Waals surface area contributed by atoms with E-state index >= 15 is 0 Å². The fourth-order valence-corrected chi connectivity index (χ4v) is 1.78. The summed E-state index contributed by atoms with van der Waals surface area (Å²) in [6, 6.07) is 0. The van der Waals surface area contributed by atoms with Crippen LogP contribution in [0.25, 0.3) is 0 Å². The predicted octanol–water partition coefficient (Wildman–Crippen LogP) is -0.323. The molecule has 4 nitrogen and oxygen atoms in total. The summed E-state index contributed by atoms with van der Waals surface area (Å²) in [5.74, 6) is -1.34. The second kappa shape index (κ2) is 3.87. The lowest BCUT2D eigenvalue weighted by atomic mass is 9.82. The summed E-state index contributed by atoms with van der Waals surface area (Å²) in [5.41, 5.74) is 0. The number of carboxylic acids is 1. The van der Waals surface area contributed by atoms with Gasteiger partial charge in [-0.15, -0.1) is 0 Å². The molecule has 1 fully saturated rings. The number of hydrogen-bond acceptors (Lipinski definition) is 3. The van der Waals surface area contributed by atoms with Crippen molar-refractivity contribution in [3.63, 3.8) is 0 Å². The molecule has 0 radical (unpaired) electrons. The molecule has 0 saturated carbocycles. The van der Waals surface area contributed by atoms with E-state index in [0.717, 1.165) is 6.42 Å². The molecule has 1 aliphatic rings. The first kappa shape index (κ1) is 9.48. The van der Waals surface area contributed by atoms with Gasteiger partial charge in [-0.3, -0.25) is 4.79 Å². The zero-order valence-corrected chi connectivity index (χ0v) is 7.16. The number of aliphatic hydroxyl groups is 1. The number of carbonyl (C=O) groups is 1. The maximum absolute atomic E-state index is 10.7. The molecule has 1 unspecified atom stereocenters. The van der Waals surface area contributed by atoms with Gasteiger partial charge in [0, 0.05) is 19.0 Å². The Morgan fingerprint density at radius 1 is 1.58 bits per heavy atom. The van der Waals surface area contributed by atoms with Crippen molar-refractivity contribution >= 4 is 5.97 Å². The van der Waals surface area contributed by atoms with Crippen LogP contribution in [0.4, 0.5) is 0 Å². The summed E-state index contributed by atoms with van der Waals surface area (Å²) in [4.78, 5) is 10.7. The van der Waals surface area contributed by atoms with Crippen molar-refractivity contribution in [1.82, 2.24) is 5.32 Å². The molecule has 70 valence electrons. The quantitative estimate of drug-likeness (QED) is 0.535. The van der Waals surface area contributed by atoms with Crippen molar-refractivity contribution in [2.75, 3.05) is 13.1 Å². The van der Waals surface area contributed by atoms with Crippen molar-refractivity contribution in [1.29, 1.82) is 0 Å². The monoisotopic (exact) mass is 173 g/mol. The zero-order chi connectivity index (χ0) is 9.14. The molecule has 3 atom stereocenters. The molecule has 12 heavy (non-hydrogen) atoms. The molecule has 3 N–H and O–H groups in total. The largest absolute Gasteiger partial charge is 0.481 e. The maximum Gasteiger partial charge on any atom is 0.308 e. The molecular formula is C8H15NO3. The molecule has 0 spiro atoms. The van der Waals surface area contributed by atoms with E-state index in [2.05, 4.69) is 5.32 Å². The predicted molar refractivity (Wildman–Crippen MR) is 43.8 cm³/mol. The Morgan fingerprint density at radius 2 is 2.25 bits per heavy atom. The molecule has 1 heterocycles. The summed E-state index contributed by atoms with van der Waals surface area (Å²) in [6.07, 6.45) is 0.213. The summed E-state index contributed by atoms with van der Waals surface area (Å²) < 4.78 is 0. The molecule has 0 aromatic rings. The number of hydrogen-bond donors (Lipinski definition) is 3. The second-order valence-electron chi connectivity index (χ2n) is 3.24. The van der Waals surface area contributed by atoms with Crippen LogP contribution in [0.5, 0.6) is 0 Å². The Labute approximate surface area is 71.6 Å². The maximum atomic E-state index is 10.7. The van der Waals surface area contributed by atoms with Gasteiger partial charge in [-0.1, -0.05) is 6.92 Å². The van der Waals surface area contributed by atoms with Gasteiger partial charge >= 0.3 is 5.97 Å². The van der Waals surface area contributed by atoms with Gasteiger partial charge in [0.25, 0.3) is 0 Å². The Hall–Kier alpha value is -0.610. The molecule has 1 saturated heterocycles. The molecule has 0 bridgehead atoms. The fraction of sp³-hybridized carbons (Fsp3) is 0.875. The van der Waals surface area contributed by atoms with Crippen molar-refractivity contribution in [2.45, 2.75) is 19.4 Å². The minimum atomic E-state index is -0.812. The standard InChI is InChI=1S/C8H15NO3/c1-2-5-6(8(11)12)3-9-4-7(5)10/h5-7,9-10H,2-4H2,1H3,(H,11,12)/t5-,6?,7+/m1/s1. The van der Waals surface area contributed by atoms with Crippen LogP contribution < -0.4 is 5.32 Å². The van der Waals surface area contributed by atoms with E-state index in [1.807, 2.05) is 6.92 Å². The van der Waals surface area contributed by atoms with Crippen LogP contribution in [0.2, 0.25) is 0 Å². The molecular weight excluding hydrogens is 158 g/mol. The smallest absolute Gasteiger partial charge is 0.308 e. The van der Waals surface area contributed by atoms with Gasteiger partial charge in [-0.25, -0.2) is 0 Å². The number of piperidine rings is 1. The van der Waals surface area contributed by atoms with E-state index in [1.54, 1.807) is 0 Å². The molecule has 0 aromatic carbocycles. The van der Waals surface area contributed by atoms with Crippen molar-refractivity contribution in [2.24, 2.45) is 11.8 Å². The summed E-state index contributed by atoms with van der Waals surface area (Å²) >= 11 is 0. The third kappa shape index (κ3) is 1.76. The number of aliphatic hydroxyl groups excluding tert-OH is 1. The van der Waals surface area contributed by atoms with E-state index in [0.29, 0.717) is 13.1 Å². The first-order valence-corrected chi connectivity index (χ1v) is 4.28. The number of carboxylic acid groups (broad SMARTS) is 1. The average Bonchev–Trinajstić information content (AvgIpc) is 2.03. The Morgan fingerprint density at radius 3 is 2.67 bits per heavy atom. The summed E-state index contributed by atoms with van der Waals surface area (Å²) in [5, 5.41) is 21.2. The highest BCUT2D eigenvalue weighted by atomic mass is 16.4. The highest BCUT2D eigenvalue weighted by Gasteiger charge is 2.35. The van der Waals surface area contributed by atoms with Gasteiger partial charge in [0.05, 0.1) is 12.0 Å². The number of rotatable bonds is 2. The molecule has 4 heteroatoms. The first-order valence-electron chi connectivity index (χ1n) is 4.28. The van der Waals surface area contributed by atoms with Gasteiger partial charge in [0.1, 0.15) is 0 Å². The minimum absolute atomic E-state index is 0.0938. The summed E-state index contributed by atoms with van der Waals surface area (Å²) in [6.45, 7) is 2.91. The highest BCUT2D eigenvalue weighted by Crippen LogP contribution is 2.22. The van der Waals surface area contributed by atoms with Crippen LogP contribution >= 0.6 is 0 Å². The lowest BCUT2D eigenvalue weighted by Gasteiger charge is -2.32. The molecule has 0 aromatic heterocycles. The van der Waals surface area contributed by atoms with E-state index < -0.39 is 18.0 Å². The zero-order valence-electron chi connectivity index (χ0n) is 7.16. The topological polar surface area (TPSA) is 69.6 Å². The van der Waals surface area contributed by atoms with Crippen LogP contribution in [0.1, 0.15) is 13.3 Å². The average molecular weight is 173 g/mol. The minimum Gasteiger partial charge on any atom is -0.481 e. The van der Waals surface area contributed by atoms with Crippen molar-refractivity contribution in [3.8, 4) is 0 Å². The van der Waals surface area contributed by atoms with Crippen LogP contribution in [-0.4, -0.2) is 35.4 Å². The molecule has 1 aliphatic heterocycles. The van der Waals surface area contributed by atoms with Crippen molar-refractivity contribution < 1.29 is 15.0 Å². The van der Waals surface area contributed by atoms with E-state index in [-0.39, 0.29) is 5.92 Å². The highest BCUT2D eigenvalue weighted by molar-refractivity contribution is 5.71. The van der Waals surface area contributed by atoms with Gasteiger partial charge in [0.2, 0.25) is 0 Å². The number of aliphatic carboxylic acids is 1. The SMILES string of the molecule is CC[C@@H]1C(C(=O)O)CNC[C@@H]1O.